The van der Waals surface area contributed by atoms with Gasteiger partial charge in [0.1, 0.15) is 18.7 Å². The summed E-state index contributed by atoms with van der Waals surface area (Å²) in [5.41, 5.74) is 0. The summed E-state index contributed by atoms with van der Waals surface area (Å²) in [6.07, 6.45) is -2.23. The number of alkyl halides is 3. The van der Waals surface area contributed by atoms with Gasteiger partial charge in [-0.15, -0.1) is 0 Å². The van der Waals surface area contributed by atoms with Gasteiger partial charge < -0.3 is 5.41 Å². The van der Waals surface area contributed by atoms with E-state index in [9.17, 15) is 13.2 Å². The maximum absolute atomic E-state index is 12.0. The fourth-order valence-corrected chi connectivity index (χ4v) is 0.992. The molecule has 0 aliphatic rings. The van der Waals surface area contributed by atoms with Crippen LogP contribution in [0.4, 0.5) is 13.2 Å². The van der Waals surface area contributed by atoms with Crippen LogP contribution >= 0.6 is 0 Å². The topological polar surface area (TPSA) is 54.6 Å². The maximum Gasteiger partial charge on any atom is 0.408 e. The normalized spacial score (nSPS) is 14.0. The average Bonchev–Trinajstić information content (AvgIpc) is 2.48. The van der Waals surface area contributed by atoms with E-state index in [2.05, 4.69) is 10.1 Å². The van der Waals surface area contributed by atoms with Gasteiger partial charge >= 0.3 is 6.18 Å². The Morgan fingerprint density at radius 3 is 2.79 bits per heavy atom. The largest absolute Gasteiger partial charge is 0.408 e. The van der Waals surface area contributed by atoms with Gasteiger partial charge in [-0.2, -0.15) is 18.3 Å². The van der Waals surface area contributed by atoms with Crippen molar-refractivity contribution in [1.82, 2.24) is 14.8 Å². The Bertz CT molecular complexity index is 317. The first-order valence-electron chi connectivity index (χ1n) is 3.89. The van der Waals surface area contributed by atoms with Gasteiger partial charge in [0.15, 0.2) is 0 Å². The average molecular weight is 206 g/mol. The Kier molecular flexibility index (Phi) is 2.87. The first-order chi connectivity index (χ1) is 6.44. The van der Waals surface area contributed by atoms with E-state index in [1.54, 1.807) is 6.92 Å². The van der Waals surface area contributed by atoms with E-state index in [-0.39, 0.29) is 5.82 Å². The first-order valence-corrected chi connectivity index (χ1v) is 3.89. The van der Waals surface area contributed by atoms with Gasteiger partial charge in [0.25, 0.3) is 0 Å². The van der Waals surface area contributed by atoms with Crippen molar-refractivity contribution in [3.05, 3.63) is 12.2 Å². The lowest BCUT2D eigenvalue weighted by Gasteiger charge is -2.10. The highest BCUT2D eigenvalue weighted by atomic mass is 19.4. The number of hydrogen-bond acceptors (Lipinski definition) is 3. The van der Waals surface area contributed by atoms with Crippen LogP contribution < -0.4 is 0 Å². The molecule has 1 N–H and O–H groups in total. The molecule has 0 fully saturated rings. The van der Waals surface area contributed by atoms with E-state index < -0.39 is 18.6 Å². The van der Waals surface area contributed by atoms with Crippen molar-refractivity contribution < 1.29 is 13.2 Å². The quantitative estimate of drug-likeness (QED) is 0.763. The Morgan fingerprint density at radius 2 is 2.29 bits per heavy atom. The van der Waals surface area contributed by atoms with Crippen LogP contribution in [0.3, 0.4) is 0 Å². The fraction of sp³-hybridized carbons (Fsp3) is 0.571. The number of nitrogens with one attached hydrogen (secondary N) is 1. The van der Waals surface area contributed by atoms with Crippen LogP contribution in [0.2, 0.25) is 0 Å². The molecule has 1 heterocycles. The second-order valence-corrected chi connectivity index (χ2v) is 2.85. The summed E-state index contributed by atoms with van der Waals surface area (Å²) in [5.74, 6) is -0.308. The summed E-state index contributed by atoms with van der Waals surface area (Å²) in [5, 5.41) is 10.4. The van der Waals surface area contributed by atoms with Gasteiger partial charge in [0, 0.05) is 6.21 Å². The van der Waals surface area contributed by atoms with Gasteiger partial charge in [-0.25, -0.2) is 9.67 Å². The molecule has 0 aromatic carbocycles. The molecule has 0 amide bonds. The van der Waals surface area contributed by atoms with Crippen molar-refractivity contribution in [2.75, 3.05) is 0 Å². The zero-order valence-corrected chi connectivity index (χ0v) is 7.41. The van der Waals surface area contributed by atoms with Gasteiger partial charge in [0.2, 0.25) is 0 Å². The van der Waals surface area contributed by atoms with E-state index >= 15 is 0 Å². The summed E-state index contributed by atoms with van der Waals surface area (Å²) in [6, 6.07) is 0. The highest BCUT2D eigenvalue weighted by molar-refractivity contribution is 5.61. The summed E-state index contributed by atoms with van der Waals surface area (Å²) in [4.78, 5) is 3.67. The monoisotopic (exact) mass is 206 g/mol. The van der Waals surface area contributed by atoms with Crippen molar-refractivity contribution in [2.24, 2.45) is 0 Å². The molecule has 0 saturated heterocycles. The second-order valence-electron chi connectivity index (χ2n) is 2.85. The minimum atomic E-state index is -4.32. The van der Waals surface area contributed by atoms with Crippen LogP contribution in [0.25, 0.3) is 0 Å². The zero-order chi connectivity index (χ0) is 10.8. The minimum absolute atomic E-state index is 0.150. The third-order valence-electron chi connectivity index (χ3n) is 1.63. The molecule has 7 heteroatoms. The van der Waals surface area contributed by atoms with E-state index in [4.69, 9.17) is 5.41 Å². The Morgan fingerprint density at radius 1 is 1.64 bits per heavy atom. The smallest absolute Gasteiger partial charge is 0.312 e. The predicted molar refractivity (Wildman–Crippen MR) is 43.3 cm³/mol. The van der Waals surface area contributed by atoms with Crippen LogP contribution in [-0.2, 0) is 6.54 Å². The minimum Gasteiger partial charge on any atom is -0.312 e. The molecule has 1 atom stereocenters. The Labute approximate surface area is 78.3 Å². The molecule has 0 aliphatic carbocycles. The predicted octanol–water partition coefficient (Wildman–Crippen LogP) is 1.59. The summed E-state index contributed by atoms with van der Waals surface area (Å²) >= 11 is 0. The molecule has 4 nitrogen and oxygen atoms in total. The summed E-state index contributed by atoms with van der Waals surface area (Å²) in [6.45, 7) is 0.421. The van der Waals surface area contributed by atoms with Crippen LogP contribution in [0, 0.1) is 5.41 Å². The molecule has 1 aromatic rings. The van der Waals surface area contributed by atoms with Crippen molar-refractivity contribution in [1.29, 1.82) is 5.41 Å². The summed E-state index contributed by atoms with van der Waals surface area (Å²) in [7, 11) is 0. The second kappa shape index (κ2) is 3.77. The number of nitrogens with zero attached hydrogens (tertiary/aromatic N) is 3. The standard InChI is InChI=1S/C7H9F3N4/c1-5(2-11)6-12-4-13-14(6)3-7(8,9)10/h2,4-5,11H,3H2,1H3. The molecular weight excluding hydrogens is 197 g/mol. The molecule has 0 aliphatic heterocycles. The van der Waals surface area contributed by atoms with Crippen LogP contribution in [0.5, 0.6) is 0 Å². The lowest BCUT2D eigenvalue weighted by Crippen LogP contribution is -2.21. The van der Waals surface area contributed by atoms with Crippen molar-refractivity contribution in [2.45, 2.75) is 25.6 Å². The fourth-order valence-electron chi connectivity index (χ4n) is 0.992. The molecule has 0 radical (unpaired) electrons. The van der Waals surface area contributed by atoms with Crippen molar-refractivity contribution in [3.8, 4) is 0 Å². The lowest BCUT2D eigenvalue weighted by atomic mass is 10.2. The first kappa shape index (κ1) is 10.7. The van der Waals surface area contributed by atoms with Gasteiger partial charge in [-0.05, 0) is 0 Å². The maximum atomic E-state index is 12.0. The number of aromatic nitrogens is 3. The third-order valence-corrected chi connectivity index (χ3v) is 1.63. The molecule has 0 saturated carbocycles. The zero-order valence-electron chi connectivity index (χ0n) is 7.41. The van der Waals surface area contributed by atoms with E-state index in [1.165, 1.54) is 0 Å². The SMILES string of the molecule is CC(C=N)c1ncnn1CC(F)(F)F. The van der Waals surface area contributed by atoms with E-state index in [0.717, 1.165) is 17.2 Å². The highest BCUT2D eigenvalue weighted by Crippen LogP contribution is 2.19. The molecular formula is C7H9F3N4. The van der Waals surface area contributed by atoms with Gasteiger partial charge in [-0.3, -0.25) is 0 Å². The van der Waals surface area contributed by atoms with Gasteiger partial charge in [-0.1, -0.05) is 6.92 Å². The molecule has 1 unspecified atom stereocenters. The highest BCUT2D eigenvalue weighted by Gasteiger charge is 2.30. The van der Waals surface area contributed by atoms with Crippen molar-refractivity contribution in [3.63, 3.8) is 0 Å². The molecule has 1 aromatic heterocycles. The third kappa shape index (κ3) is 2.54. The Hall–Kier alpha value is -1.40. The number of rotatable bonds is 3. The van der Waals surface area contributed by atoms with Crippen LogP contribution in [0.1, 0.15) is 18.7 Å². The lowest BCUT2D eigenvalue weighted by molar-refractivity contribution is -0.143. The van der Waals surface area contributed by atoms with Crippen molar-refractivity contribution >= 4 is 6.21 Å². The molecule has 78 valence electrons. The van der Waals surface area contributed by atoms with E-state index in [1.807, 2.05) is 0 Å². The number of halogens is 3. The number of hydrogen-bond donors (Lipinski definition) is 1. The molecule has 0 bridgehead atoms. The van der Waals surface area contributed by atoms with Crippen LogP contribution in [0.15, 0.2) is 6.33 Å². The van der Waals surface area contributed by atoms with Crippen LogP contribution in [-0.4, -0.2) is 27.2 Å². The molecule has 1 rings (SSSR count). The molecule has 14 heavy (non-hydrogen) atoms. The van der Waals surface area contributed by atoms with E-state index in [0.29, 0.717) is 0 Å². The summed E-state index contributed by atoms with van der Waals surface area (Å²) < 4.78 is 36.8. The molecule has 0 spiro atoms. The van der Waals surface area contributed by atoms with Gasteiger partial charge in [0.05, 0.1) is 5.92 Å². The Balaban J connectivity index is 2.88.